The minimum atomic E-state index is 0.776. The van der Waals surface area contributed by atoms with Gasteiger partial charge in [0.05, 0.1) is 0 Å². The Hall–Kier alpha value is 0. The van der Waals surface area contributed by atoms with Gasteiger partial charge < -0.3 is 0 Å². The third-order valence-electron chi connectivity index (χ3n) is 5.93. The van der Waals surface area contributed by atoms with Crippen LogP contribution in [0.2, 0.25) is 0 Å². The number of hydrogen-bond donors (Lipinski definition) is 0. The Morgan fingerprint density at radius 3 is 2.23 bits per heavy atom. The molecule has 0 aromatic rings. The largest absolute Gasteiger partial charge is 0.0622 e. The van der Waals surface area contributed by atoms with Crippen molar-refractivity contribution in [3.8, 4) is 0 Å². The van der Waals surface area contributed by atoms with Gasteiger partial charge in [-0.1, -0.05) is 27.7 Å². The van der Waals surface area contributed by atoms with Gasteiger partial charge in [-0.15, -0.1) is 0 Å². The zero-order valence-corrected chi connectivity index (χ0v) is 9.38. The van der Waals surface area contributed by atoms with Crippen LogP contribution in [0.4, 0.5) is 0 Å². The molecule has 0 aliphatic heterocycles. The summed E-state index contributed by atoms with van der Waals surface area (Å²) in [4.78, 5) is 0. The standard InChI is InChI=1S/C13H22/c1-7-5-8(2)12-10-6-13(10,4)9(3)11(7)12/h7-12H,5-6H2,1-4H3. The Balaban J connectivity index is 1.96. The molecule has 7 unspecified atom stereocenters. The highest BCUT2D eigenvalue weighted by molar-refractivity contribution is 5.17. The van der Waals surface area contributed by atoms with Crippen molar-refractivity contribution >= 4 is 0 Å². The summed E-state index contributed by atoms with van der Waals surface area (Å²) >= 11 is 0. The zero-order chi connectivity index (χ0) is 9.38. The molecule has 0 bridgehead atoms. The van der Waals surface area contributed by atoms with Gasteiger partial charge in [-0.25, -0.2) is 0 Å². The Morgan fingerprint density at radius 2 is 1.62 bits per heavy atom. The van der Waals surface area contributed by atoms with Gasteiger partial charge in [0.15, 0.2) is 0 Å². The van der Waals surface area contributed by atoms with Crippen molar-refractivity contribution in [1.82, 2.24) is 0 Å². The summed E-state index contributed by atoms with van der Waals surface area (Å²) in [5, 5.41) is 0. The average Bonchev–Trinajstić information content (AvgIpc) is 2.56. The van der Waals surface area contributed by atoms with Crippen LogP contribution in [0.1, 0.15) is 40.5 Å². The van der Waals surface area contributed by atoms with Crippen LogP contribution in [0.25, 0.3) is 0 Å². The molecule has 0 heterocycles. The molecule has 7 atom stereocenters. The second-order valence-electron chi connectivity index (χ2n) is 6.45. The van der Waals surface area contributed by atoms with E-state index in [0.717, 1.165) is 40.9 Å². The molecule has 3 aliphatic rings. The van der Waals surface area contributed by atoms with Crippen molar-refractivity contribution in [3.05, 3.63) is 0 Å². The SMILES string of the molecule is CC1CC(C)C2C1C(C)C1(C)CC21. The highest BCUT2D eigenvalue weighted by Gasteiger charge is 2.69. The van der Waals surface area contributed by atoms with Gasteiger partial charge in [0.25, 0.3) is 0 Å². The molecule has 0 radical (unpaired) electrons. The molecule has 3 saturated carbocycles. The van der Waals surface area contributed by atoms with Crippen molar-refractivity contribution in [1.29, 1.82) is 0 Å². The van der Waals surface area contributed by atoms with E-state index in [4.69, 9.17) is 0 Å². The Labute approximate surface area is 82.1 Å². The van der Waals surface area contributed by atoms with E-state index in [0.29, 0.717) is 0 Å². The predicted molar refractivity (Wildman–Crippen MR) is 55.3 cm³/mol. The maximum atomic E-state index is 2.54. The van der Waals surface area contributed by atoms with Crippen LogP contribution in [-0.2, 0) is 0 Å². The van der Waals surface area contributed by atoms with Crippen molar-refractivity contribution in [2.75, 3.05) is 0 Å². The summed E-state index contributed by atoms with van der Waals surface area (Å²) in [6.45, 7) is 10.1. The summed E-state index contributed by atoms with van der Waals surface area (Å²) in [5.41, 5.74) is 0.776. The van der Waals surface area contributed by atoms with Gasteiger partial charge in [-0.2, -0.15) is 0 Å². The lowest BCUT2D eigenvalue weighted by atomic mass is 9.79. The number of hydrogen-bond acceptors (Lipinski definition) is 0. The van der Waals surface area contributed by atoms with Gasteiger partial charge in [0.2, 0.25) is 0 Å². The molecule has 0 N–H and O–H groups in total. The molecule has 0 spiro atoms. The first-order chi connectivity index (χ1) is 6.05. The predicted octanol–water partition coefficient (Wildman–Crippen LogP) is 3.57. The number of rotatable bonds is 0. The van der Waals surface area contributed by atoms with Crippen LogP contribution in [0.5, 0.6) is 0 Å². The molecule has 0 aromatic heterocycles. The summed E-state index contributed by atoms with van der Waals surface area (Å²) < 4.78 is 0. The van der Waals surface area contributed by atoms with Crippen molar-refractivity contribution in [2.45, 2.75) is 40.5 Å². The molecule has 3 rings (SSSR count). The normalized spacial score (nSPS) is 69.2. The summed E-state index contributed by atoms with van der Waals surface area (Å²) in [6.07, 6.45) is 3.05. The highest BCUT2D eigenvalue weighted by Crippen LogP contribution is 2.75. The molecular weight excluding hydrogens is 156 g/mol. The Bertz CT molecular complexity index is 236. The van der Waals surface area contributed by atoms with E-state index in [-0.39, 0.29) is 0 Å². The molecule has 0 saturated heterocycles. The third kappa shape index (κ3) is 0.789. The average molecular weight is 178 g/mol. The van der Waals surface area contributed by atoms with Crippen LogP contribution in [0.3, 0.4) is 0 Å². The topological polar surface area (TPSA) is 0 Å². The first-order valence-electron chi connectivity index (χ1n) is 6.05. The molecule has 3 fully saturated rings. The lowest BCUT2D eigenvalue weighted by Crippen LogP contribution is -2.20. The first kappa shape index (κ1) is 8.32. The van der Waals surface area contributed by atoms with Gasteiger partial charge in [0, 0.05) is 0 Å². The second-order valence-corrected chi connectivity index (χ2v) is 6.45. The van der Waals surface area contributed by atoms with Crippen molar-refractivity contribution in [3.63, 3.8) is 0 Å². The van der Waals surface area contributed by atoms with E-state index >= 15 is 0 Å². The fraction of sp³-hybridized carbons (Fsp3) is 1.00. The lowest BCUT2D eigenvalue weighted by molar-refractivity contribution is 0.220. The molecule has 0 nitrogen and oxygen atoms in total. The van der Waals surface area contributed by atoms with E-state index in [1.807, 2.05) is 0 Å². The van der Waals surface area contributed by atoms with Gasteiger partial charge in [-0.3, -0.25) is 0 Å². The summed E-state index contributed by atoms with van der Waals surface area (Å²) in [7, 11) is 0. The summed E-state index contributed by atoms with van der Waals surface area (Å²) in [6, 6.07) is 0. The molecule has 13 heavy (non-hydrogen) atoms. The fourth-order valence-corrected chi connectivity index (χ4v) is 5.10. The van der Waals surface area contributed by atoms with E-state index in [2.05, 4.69) is 27.7 Å². The monoisotopic (exact) mass is 178 g/mol. The minimum Gasteiger partial charge on any atom is -0.0622 e. The van der Waals surface area contributed by atoms with Crippen molar-refractivity contribution < 1.29 is 0 Å². The third-order valence-corrected chi connectivity index (χ3v) is 5.93. The highest BCUT2D eigenvalue weighted by atomic mass is 14.7. The van der Waals surface area contributed by atoms with Gasteiger partial charge >= 0.3 is 0 Å². The lowest BCUT2D eigenvalue weighted by Gasteiger charge is -2.26. The minimum absolute atomic E-state index is 0.776. The maximum Gasteiger partial charge on any atom is -0.0263 e. The van der Waals surface area contributed by atoms with E-state index in [9.17, 15) is 0 Å². The van der Waals surface area contributed by atoms with Crippen LogP contribution < -0.4 is 0 Å². The molecule has 0 amide bonds. The van der Waals surface area contributed by atoms with E-state index < -0.39 is 0 Å². The van der Waals surface area contributed by atoms with E-state index in [1.54, 1.807) is 6.42 Å². The maximum absolute atomic E-state index is 2.54. The number of fused-ring (bicyclic) bond motifs is 3. The quantitative estimate of drug-likeness (QED) is 0.532. The smallest absolute Gasteiger partial charge is 0.0263 e. The van der Waals surface area contributed by atoms with Gasteiger partial charge in [0.1, 0.15) is 0 Å². The molecular formula is C13H22. The Kier molecular flexibility index (Phi) is 1.37. The first-order valence-corrected chi connectivity index (χ1v) is 6.05. The molecule has 0 aromatic carbocycles. The molecule has 74 valence electrons. The summed E-state index contributed by atoms with van der Waals surface area (Å²) in [5.74, 6) is 6.36. The van der Waals surface area contributed by atoms with Crippen LogP contribution in [0, 0.1) is 40.9 Å². The molecule has 0 heteroatoms. The van der Waals surface area contributed by atoms with Crippen LogP contribution in [-0.4, -0.2) is 0 Å². The fourth-order valence-electron chi connectivity index (χ4n) is 5.10. The van der Waals surface area contributed by atoms with Crippen LogP contribution in [0.15, 0.2) is 0 Å². The van der Waals surface area contributed by atoms with E-state index in [1.165, 1.54) is 6.42 Å². The second kappa shape index (κ2) is 2.15. The van der Waals surface area contributed by atoms with Crippen LogP contribution >= 0.6 is 0 Å². The van der Waals surface area contributed by atoms with Crippen molar-refractivity contribution in [2.24, 2.45) is 40.9 Å². The molecule has 3 aliphatic carbocycles. The Morgan fingerprint density at radius 1 is 1.00 bits per heavy atom. The zero-order valence-electron chi connectivity index (χ0n) is 9.38. The van der Waals surface area contributed by atoms with Gasteiger partial charge in [-0.05, 0) is 53.8 Å².